The Morgan fingerprint density at radius 1 is 1.19 bits per heavy atom. The molecule has 0 aromatic heterocycles. The second kappa shape index (κ2) is 5.72. The maximum atomic E-state index is 12.5. The molecule has 0 aliphatic heterocycles. The third-order valence-electron chi connectivity index (χ3n) is 8.18. The number of hydrogen-bond acceptors (Lipinski definition) is 5. The molecule has 0 heterocycles. The number of hydrogen-bond donors (Lipinski definition) is 3. The molecule has 0 spiro atoms. The molecule has 5 heteroatoms. The van der Waals surface area contributed by atoms with E-state index in [1.54, 1.807) is 12.2 Å². The van der Waals surface area contributed by atoms with Crippen LogP contribution in [-0.4, -0.2) is 32.9 Å². The fraction of sp³-hybridized carbons (Fsp3) is 0.636. The van der Waals surface area contributed by atoms with E-state index in [1.165, 1.54) is 0 Å². The Kier molecular flexibility index (Phi) is 3.98. The van der Waals surface area contributed by atoms with Crippen molar-refractivity contribution in [1.29, 1.82) is 0 Å². The van der Waals surface area contributed by atoms with Gasteiger partial charge in [-0.05, 0) is 73.0 Å². The highest BCUT2D eigenvalue weighted by atomic mass is 16.7. The molecule has 0 aromatic rings. The van der Waals surface area contributed by atoms with Crippen LogP contribution in [-0.2, 0) is 9.59 Å². The zero-order valence-electron chi connectivity index (χ0n) is 15.9. The predicted molar refractivity (Wildman–Crippen MR) is 99.0 cm³/mol. The van der Waals surface area contributed by atoms with Crippen molar-refractivity contribution in [3.63, 3.8) is 0 Å². The fourth-order valence-electron chi connectivity index (χ4n) is 6.87. The van der Waals surface area contributed by atoms with Crippen LogP contribution in [0, 0.1) is 34.5 Å². The summed E-state index contributed by atoms with van der Waals surface area (Å²) in [6, 6.07) is 0. The Balaban J connectivity index is 1.69. The molecule has 0 amide bonds. The Morgan fingerprint density at radius 3 is 2.56 bits per heavy atom. The summed E-state index contributed by atoms with van der Waals surface area (Å²) in [5, 5.41) is 28.3. The molecule has 4 aliphatic rings. The largest absolute Gasteiger partial charge is 0.339 e. The highest BCUT2D eigenvalue weighted by Gasteiger charge is 2.61. The van der Waals surface area contributed by atoms with Crippen molar-refractivity contribution in [3.05, 3.63) is 36.0 Å². The lowest BCUT2D eigenvalue weighted by Crippen LogP contribution is -2.53. The van der Waals surface area contributed by atoms with E-state index < -0.39 is 17.7 Å². The van der Waals surface area contributed by atoms with Crippen LogP contribution in [0.15, 0.2) is 36.0 Å². The van der Waals surface area contributed by atoms with Gasteiger partial charge in [0.15, 0.2) is 5.78 Å². The summed E-state index contributed by atoms with van der Waals surface area (Å²) < 4.78 is 0. The van der Waals surface area contributed by atoms with Gasteiger partial charge >= 0.3 is 5.97 Å². The lowest BCUT2D eigenvalue weighted by atomic mass is 9.47. The molecule has 3 fully saturated rings. The summed E-state index contributed by atoms with van der Waals surface area (Å²) in [7, 11) is 0. The van der Waals surface area contributed by atoms with Gasteiger partial charge in [-0.1, -0.05) is 32.1 Å². The first kappa shape index (κ1) is 18.8. The van der Waals surface area contributed by atoms with Gasteiger partial charge < -0.3 is 15.3 Å². The minimum absolute atomic E-state index is 0.0134. The van der Waals surface area contributed by atoms with E-state index in [1.807, 2.05) is 6.08 Å². The van der Waals surface area contributed by atoms with Gasteiger partial charge in [-0.2, -0.15) is 0 Å². The normalized spacial score (nSPS) is 43.7. The van der Waals surface area contributed by atoms with Crippen LogP contribution in [0.25, 0.3) is 0 Å². The quantitative estimate of drug-likeness (QED) is 0.647. The lowest BCUT2D eigenvalue weighted by Gasteiger charge is -2.57. The number of ketones is 2. The fourth-order valence-corrected chi connectivity index (χ4v) is 6.87. The molecule has 0 aromatic carbocycles. The highest BCUT2D eigenvalue weighted by Crippen LogP contribution is 2.66. The highest BCUT2D eigenvalue weighted by molar-refractivity contribution is 6.01. The van der Waals surface area contributed by atoms with Gasteiger partial charge in [0.05, 0.1) is 0 Å². The SMILES string of the molecule is C=C1C[C@H]2[C@@H]3CC[C@H](C(=O)C(O)(O)O)[C@@]3(C)CC[C@@H]2[C@@]2(C)C=CC(=O)C=C12. The molecule has 0 radical (unpaired) electrons. The van der Waals surface area contributed by atoms with E-state index in [2.05, 4.69) is 20.4 Å². The van der Waals surface area contributed by atoms with Gasteiger partial charge in [0, 0.05) is 11.3 Å². The summed E-state index contributed by atoms with van der Waals surface area (Å²) >= 11 is 0. The molecule has 3 N–H and O–H groups in total. The summed E-state index contributed by atoms with van der Waals surface area (Å²) in [6.07, 6.45) is 9.31. The number of Topliss-reactive ketones (excluding diaryl/α,β-unsaturated/α-hetero) is 1. The first-order valence-electron chi connectivity index (χ1n) is 9.83. The van der Waals surface area contributed by atoms with Gasteiger partial charge in [0.2, 0.25) is 5.78 Å². The smallest absolute Gasteiger partial charge is 0.337 e. The summed E-state index contributed by atoms with van der Waals surface area (Å²) in [5.41, 5.74) is 1.47. The third-order valence-corrected chi connectivity index (χ3v) is 8.18. The Morgan fingerprint density at radius 2 is 1.89 bits per heavy atom. The predicted octanol–water partition coefficient (Wildman–Crippen LogP) is 2.28. The van der Waals surface area contributed by atoms with Crippen molar-refractivity contribution in [2.75, 3.05) is 0 Å². The summed E-state index contributed by atoms with van der Waals surface area (Å²) in [6.45, 7) is 8.50. The third kappa shape index (κ3) is 2.55. The average molecular weight is 372 g/mol. The molecule has 146 valence electrons. The standard InChI is InChI=1S/C22H28O5/c1-12-10-14-15-4-5-17(19(24)22(25,26)27)20(15,2)9-7-16(14)21(3)8-6-13(23)11-18(12)21/h6,8,11,14-17,25-27H,1,4-5,7,9-10H2,2-3H3/t14-,15-,16-,17+,20-,21+/m0/s1. The Hall–Kier alpha value is -1.56. The molecule has 0 bridgehead atoms. The van der Waals surface area contributed by atoms with Crippen LogP contribution in [0.1, 0.15) is 46.0 Å². The second-order valence-electron chi connectivity index (χ2n) is 9.44. The Bertz CT molecular complexity index is 785. The van der Waals surface area contributed by atoms with Crippen molar-refractivity contribution >= 4 is 11.6 Å². The monoisotopic (exact) mass is 372 g/mol. The van der Waals surface area contributed by atoms with Gasteiger partial charge in [-0.3, -0.25) is 9.59 Å². The zero-order chi connectivity index (χ0) is 19.8. The molecule has 4 rings (SSSR count). The number of carbonyl (C=O) groups is 2. The second-order valence-corrected chi connectivity index (χ2v) is 9.44. The number of carbonyl (C=O) groups excluding carboxylic acids is 2. The maximum Gasteiger partial charge on any atom is 0.339 e. The molecule has 0 unspecified atom stereocenters. The number of allylic oxidation sites excluding steroid dienone is 5. The maximum absolute atomic E-state index is 12.5. The minimum atomic E-state index is -3.26. The van der Waals surface area contributed by atoms with Gasteiger partial charge in [-0.25, -0.2) is 0 Å². The first-order chi connectivity index (χ1) is 12.5. The molecule has 3 saturated carbocycles. The van der Waals surface area contributed by atoms with Crippen molar-refractivity contribution in [1.82, 2.24) is 0 Å². The molecular weight excluding hydrogens is 344 g/mol. The van der Waals surface area contributed by atoms with E-state index >= 15 is 0 Å². The summed E-state index contributed by atoms with van der Waals surface area (Å²) in [5.74, 6) is -3.72. The molecule has 27 heavy (non-hydrogen) atoms. The van der Waals surface area contributed by atoms with Crippen LogP contribution in [0.3, 0.4) is 0 Å². The first-order valence-corrected chi connectivity index (χ1v) is 9.83. The van der Waals surface area contributed by atoms with Crippen molar-refractivity contribution < 1.29 is 24.9 Å². The summed E-state index contributed by atoms with van der Waals surface area (Å²) in [4.78, 5) is 24.4. The topological polar surface area (TPSA) is 94.8 Å². The number of aliphatic hydroxyl groups is 3. The van der Waals surface area contributed by atoms with Crippen molar-refractivity contribution in [2.24, 2.45) is 34.5 Å². The van der Waals surface area contributed by atoms with Crippen molar-refractivity contribution in [3.8, 4) is 0 Å². The van der Waals surface area contributed by atoms with E-state index in [4.69, 9.17) is 0 Å². The average Bonchev–Trinajstić information content (AvgIpc) is 2.92. The molecule has 5 nitrogen and oxygen atoms in total. The van der Waals surface area contributed by atoms with Crippen LogP contribution in [0.2, 0.25) is 0 Å². The van der Waals surface area contributed by atoms with Crippen LogP contribution >= 0.6 is 0 Å². The van der Waals surface area contributed by atoms with Gasteiger partial charge in [0.1, 0.15) is 0 Å². The molecule has 4 aliphatic carbocycles. The zero-order valence-corrected chi connectivity index (χ0v) is 15.9. The Labute approximate surface area is 159 Å². The molecular formula is C22H28O5. The van der Waals surface area contributed by atoms with Crippen LogP contribution < -0.4 is 0 Å². The molecule has 6 atom stereocenters. The van der Waals surface area contributed by atoms with Crippen molar-refractivity contribution in [2.45, 2.75) is 51.9 Å². The van der Waals surface area contributed by atoms with Crippen LogP contribution in [0.5, 0.6) is 0 Å². The van der Waals surface area contributed by atoms with Gasteiger partial charge in [0.25, 0.3) is 0 Å². The van der Waals surface area contributed by atoms with E-state index in [-0.39, 0.29) is 22.5 Å². The van der Waals surface area contributed by atoms with Gasteiger partial charge in [-0.15, -0.1) is 0 Å². The van der Waals surface area contributed by atoms with E-state index in [0.29, 0.717) is 18.3 Å². The van der Waals surface area contributed by atoms with E-state index in [9.17, 15) is 24.9 Å². The minimum Gasteiger partial charge on any atom is -0.337 e. The number of fused-ring (bicyclic) bond motifs is 5. The molecule has 0 saturated heterocycles. The van der Waals surface area contributed by atoms with E-state index in [0.717, 1.165) is 36.8 Å². The lowest BCUT2D eigenvalue weighted by molar-refractivity contribution is -0.291. The number of rotatable bonds is 2. The van der Waals surface area contributed by atoms with Crippen LogP contribution in [0.4, 0.5) is 0 Å².